The quantitative estimate of drug-likeness (QED) is 0.759. The molecule has 1 saturated heterocycles. The fourth-order valence-electron chi connectivity index (χ4n) is 4.08. The van der Waals surface area contributed by atoms with Crippen LogP contribution in [0.1, 0.15) is 31.2 Å². The van der Waals surface area contributed by atoms with Crippen molar-refractivity contribution in [2.24, 2.45) is 5.92 Å². The molecule has 2 aliphatic rings. The van der Waals surface area contributed by atoms with Crippen molar-refractivity contribution in [2.45, 2.75) is 36.0 Å². The molecule has 2 aromatic carbocycles. The summed E-state index contributed by atoms with van der Waals surface area (Å²) in [6, 6.07) is 12.5. The molecule has 1 aliphatic heterocycles. The van der Waals surface area contributed by atoms with Gasteiger partial charge < -0.3 is 5.32 Å². The van der Waals surface area contributed by atoms with Crippen LogP contribution in [0.25, 0.3) is 0 Å². The number of rotatable bonds is 6. The molecule has 1 amide bonds. The van der Waals surface area contributed by atoms with Crippen molar-refractivity contribution in [3.63, 3.8) is 0 Å². The molecule has 8 heteroatoms. The Morgan fingerprint density at radius 2 is 1.73 bits per heavy atom. The van der Waals surface area contributed by atoms with Crippen molar-refractivity contribution in [2.75, 3.05) is 19.6 Å². The number of benzene rings is 2. The van der Waals surface area contributed by atoms with E-state index < -0.39 is 26.6 Å². The van der Waals surface area contributed by atoms with Crippen LogP contribution < -0.4 is 5.32 Å². The van der Waals surface area contributed by atoms with Crippen LogP contribution in [-0.4, -0.2) is 38.3 Å². The van der Waals surface area contributed by atoms with Gasteiger partial charge in [0.2, 0.25) is 15.9 Å². The minimum Gasteiger partial charge on any atom is -0.355 e. The summed E-state index contributed by atoms with van der Waals surface area (Å²) < 4.78 is 53.8. The van der Waals surface area contributed by atoms with E-state index in [1.165, 1.54) is 5.56 Å². The molecule has 1 N–H and O–H groups in total. The van der Waals surface area contributed by atoms with E-state index in [1.54, 1.807) is 0 Å². The highest BCUT2D eigenvalue weighted by Gasteiger charge is 2.44. The number of nitrogens with one attached hydrogen (secondary N) is 1. The van der Waals surface area contributed by atoms with Crippen LogP contribution in [-0.2, 0) is 20.2 Å². The molecule has 0 bridgehead atoms. The van der Waals surface area contributed by atoms with Crippen LogP contribution in [0.15, 0.2) is 53.4 Å². The summed E-state index contributed by atoms with van der Waals surface area (Å²) in [7, 11) is -4.14. The lowest BCUT2D eigenvalue weighted by atomic mass is 9.94. The molecule has 2 aromatic rings. The summed E-state index contributed by atoms with van der Waals surface area (Å²) in [5, 5.41) is 3.04. The lowest BCUT2D eigenvalue weighted by molar-refractivity contribution is -0.126. The zero-order valence-corrected chi connectivity index (χ0v) is 17.3. The SMILES string of the molecule is O=C(NCC1(c2ccccc2)CC1)C1CCN(S(=O)(=O)c2cc(F)ccc2F)CC1. The van der Waals surface area contributed by atoms with Gasteiger partial charge in [-0.2, -0.15) is 4.31 Å². The predicted molar refractivity (Wildman–Crippen MR) is 108 cm³/mol. The molecule has 1 aliphatic carbocycles. The van der Waals surface area contributed by atoms with Gasteiger partial charge in [0, 0.05) is 31.0 Å². The molecule has 0 atom stereocenters. The van der Waals surface area contributed by atoms with Gasteiger partial charge in [-0.25, -0.2) is 17.2 Å². The Kier molecular flexibility index (Phi) is 5.63. The Hall–Kier alpha value is -2.32. The van der Waals surface area contributed by atoms with Crippen LogP contribution in [0, 0.1) is 17.6 Å². The molecule has 0 unspecified atom stereocenters. The summed E-state index contributed by atoms with van der Waals surface area (Å²) in [5.41, 5.74) is 1.24. The highest BCUT2D eigenvalue weighted by atomic mass is 32.2. The number of hydrogen-bond donors (Lipinski definition) is 1. The summed E-state index contributed by atoms with van der Waals surface area (Å²) in [5.74, 6) is -2.16. The van der Waals surface area contributed by atoms with Crippen molar-refractivity contribution < 1.29 is 22.0 Å². The van der Waals surface area contributed by atoms with Crippen LogP contribution in [0.2, 0.25) is 0 Å². The third-order valence-corrected chi connectivity index (χ3v) is 8.09. The second-order valence-corrected chi connectivity index (χ2v) is 10.0. The van der Waals surface area contributed by atoms with Crippen molar-refractivity contribution in [3.05, 3.63) is 65.7 Å². The fraction of sp³-hybridized carbons (Fsp3) is 0.409. The number of amides is 1. The first-order valence-electron chi connectivity index (χ1n) is 10.1. The van der Waals surface area contributed by atoms with Crippen molar-refractivity contribution in [1.29, 1.82) is 0 Å². The van der Waals surface area contributed by atoms with Crippen molar-refractivity contribution in [3.8, 4) is 0 Å². The smallest absolute Gasteiger partial charge is 0.246 e. The van der Waals surface area contributed by atoms with E-state index in [0.717, 1.165) is 29.3 Å². The van der Waals surface area contributed by atoms with Crippen LogP contribution in [0.3, 0.4) is 0 Å². The minimum atomic E-state index is -4.14. The molecule has 0 radical (unpaired) electrons. The fourth-order valence-corrected chi connectivity index (χ4v) is 5.63. The van der Waals surface area contributed by atoms with Gasteiger partial charge in [-0.3, -0.25) is 4.79 Å². The number of carbonyl (C=O) groups excluding carboxylic acids is 1. The minimum absolute atomic E-state index is 0.00979. The maximum atomic E-state index is 13.9. The van der Waals surface area contributed by atoms with E-state index in [0.29, 0.717) is 25.5 Å². The van der Waals surface area contributed by atoms with Gasteiger partial charge in [-0.1, -0.05) is 30.3 Å². The Labute approximate surface area is 175 Å². The molecular formula is C22H24F2N2O3S. The predicted octanol–water partition coefficient (Wildman–Crippen LogP) is 3.21. The molecule has 0 spiro atoms. The molecule has 5 nitrogen and oxygen atoms in total. The molecule has 4 rings (SSSR count). The van der Waals surface area contributed by atoms with Crippen LogP contribution in [0.4, 0.5) is 8.78 Å². The summed E-state index contributed by atoms with van der Waals surface area (Å²) in [6.07, 6.45) is 2.76. The van der Waals surface area contributed by atoms with E-state index >= 15 is 0 Å². The maximum absolute atomic E-state index is 13.9. The first-order valence-corrected chi connectivity index (χ1v) is 11.5. The number of hydrogen-bond acceptors (Lipinski definition) is 3. The monoisotopic (exact) mass is 434 g/mol. The standard InChI is InChI=1S/C22H24F2N2O3S/c23-18-6-7-19(24)20(14-18)30(28,29)26-12-8-16(9-13-26)21(27)25-15-22(10-11-22)17-4-2-1-3-5-17/h1-7,14,16H,8-13,15H2,(H,25,27). The van der Waals surface area contributed by atoms with Crippen LogP contribution in [0.5, 0.6) is 0 Å². The molecular weight excluding hydrogens is 410 g/mol. The highest BCUT2D eigenvalue weighted by Crippen LogP contribution is 2.47. The number of carbonyl (C=O) groups is 1. The first-order chi connectivity index (χ1) is 14.3. The van der Waals surface area contributed by atoms with Crippen LogP contribution >= 0.6 is 0 Å². The Balaban J connectivity index is 1.34. The average Bonchev–Trinajstić information content (AvgIpc) is 3.55. The largest absolute Gasteiger partial charge is 0.355 e. The summed E-state index contributed by atoms with van der Waals surface area (Å²) >= 11 is 0. The summed E-state index contributed by atoms with van der Waals surface area (Å²) in [4.78, 5) is 12.0. The zero-order chi connectivity index (χ0) is 21.4. The third-order valence-electron chi connectivity index (χ3n) is 6.18. The lowest BCUT2D eigenvalue weighted by Crippen LogP contribution is -2.44. The van der Waals surface area contributed by atoms with Crippen molar-refractivity contribution >= 4 is 15.9 Å². The highest BCUT2D eigenvalue weighted by molar-refractivity contribution is 7.89. The third kappa shape index (κ3) is 4.11. The number of nitrogens with zero attached hydrogens (tertiary/aromatic N) is 1. The normalized spacial score (nSPS) is 19.4. The van der Waals surface area contributed by atoms with E-state index in [2.05, 4.69) is 17.4 Å². The van der Waals surface area contributed by atoms with Gasteiger partial charge in [0.25, 0.3) is 0 Å². The molecule has 1 heterocycles. The second kappa shape index (κ2) is 8.07. The van der Waals surface area contributed by atoms with E-state index in [-0.39, 0.29) is 30.3 Å². The van der Waals surface area contributed by atoms with Gasteiger partial charge in [0.15, 0.2) is 0 Å². The van der Waals surface area contributed by atoms with Gasteiger partial charge in [0.05, 0.1) is 0 Å². The molecule has 1 saturated carbocycles. The average molecular weight is 435 g/mol. The van der Waals surface area contributed by atoms with Gasteiger partial charge in [0.1, 0.15) is 16.5 Å². The number of piperidine rings is 1. The van der Waals surface area contributed by atoms with Crippen molar-refractivity contribution in [1.82, 2.24) is 9.62 Å². The topological polar surface area (TPSA) is 66.5 Å². The Bertz CT molecular complexity index is 1030. The van der Waals surface area contributed by atoms with Gasteiger partial charge in [-0.05, 0) is 49.4 Å². The Morgan fingerprint density at radius 1 is 1.07 bits per heavy atom. The zero-order valence-electron chi connectivity index (χ0n) is 16.5. The summed E-state index contributed by atoms with van der Waals surface area (Å²) in [6.45, 7) is 0.767. The molecule has 0 aromatic heterocycles. The van der Waals surface area contributed by atoms with E-state index in [4.69, 9.17) is 0 Å². The van der Waals surface area contributed by atoms with Gasteiger partial charge in [-0.15, -0.1) is 0 Å². The van der Waals surface area contributed by atoms with Gasteiger partial charge >= 0.3 is 0 Å². The number of halogens is 2. The Morgan fingerprint density at radius 3 is 2.37 bits per heavy atom. The molecule has 160 valence electrons. The lowest BCUT2D eigenvalue weighted by Gasteiger charge is -2.31. The number of sulfonamides is 1. The second-order valence-electron chi connectivity index (χ2n) is 8.12. The first kappa shape index (κ1) is 20.9. The van der Waals surface area contributed by atoms with E-state index in [1.807, 2.05) is 18.2 Å². The van der Waals surface area contributed by atoms with E-state index in [9.17, 15) is 22.0 Å². The molecule has 2 fully saturated rings. The molecule has 30 heavy (non-hydrogen) atoms. The maximum Gasteiger partial charge on any atom is 0.246 e.